The van der Waals surface area contributed by atoms with Crippen LogP contribution in [0.5, 0.6) is 0 Å². The number of hydrogen-bond donors (Lipinski definition) is 2. The minimum Gasteiger partial charge on any atom is -0.478 e. The Balaban J connectivity index is 0.000000771. The molecule has 0 heterocycles. The zero-order valence-electron chi connectivity index (χ0n) is 19.7. The van der Waals surface area contributed by atoms with Crippen molar-refractivity contribution in [3.05, 3.63) is 76.9 Å². The van der Waals surface area contributed by atoms with Gasteiger partial charge >= 0.3 is 5.97 Å². The Morgan fingerprint density at radius 1 is 0.765 bits per heavy atom. The second-order valence-corrected chi connectivity index (χ2v) is 8.11. The zero-order chi connectivity index (χ0) is 25.3. The summed E-state index contributed by atoms with van der Waals surface area (Å²) in [7, 11) is 1.00. The van der Waals surface area contributed by atoms with E-state index in [1.54, 1.807) is 12.1 Å². The molecule has 5 aromatic rings. The lowest BCUT2D eigenvalue weighted by atomic mass is 9.82. The summed E-state index contributed by atoms with van der Waals surface area (Å²) in [4.78, 5) is 31.7. The second kappa shape index (κ2) is 9.41. The van der Waals surface area contributed by atoms with Gasteiger partial charge in [-0.3, -0.25) is 4.79 Å². The summed E-state index contributed by atoms with van der Waals surface area (Å²) >= 11 is 0. The highest BCUT2D eigenvalue weighted by atomic mass is 16.4. The number of carbonyl (C=O) groups excluding carboxylic acids is 2. The highest BCUT2D eigenvalue weighted by Crippen LogP contribution is 2.45. The lowest BCUT2D eigenvalue weighted by Gasteiger charge is -2.21. The van der Waals surface area contributed by atoms with E-state index in [-0.39, 0.29) is 5.56 Å². The Labute approximate surface area is 197 Å². The topological polar surface area (TPSA) is 91.7 Å². The van der Waals surface area contributed by atoms with Crippen LogP contribution < -0.4 is 0 Å². The zero-order valence-corrected chi connectivity index (χ0v) is 19.7. The first kappa shape index (κ1) is 24.6. The Hall–Kier alpha value is -4.09. The fourth-order valence-electron chi connectivity index (χ4n) is 5.01. The van der Waals surface area contributed by atoms with E-state index >= 15 is 0 Å². The minimum atomic E-state index is -1.03. The van der Waals surface area contributed by atoms with Gasteiger partial charge in [-0.25, -0.2) is 4.79 Å². The van der Waals surface area contributed by atoms with Gasteiger partial charge in [-0.1, -0.05) is 48.6 Å². The van der Waals surface area contributed by atoms with Crippen LogP contribution in [0.2, 0.25) is 0 Å². The van der Waals surface area contributed by atoms with Crippen LogP contribution in [-0.4, -0.2) is 36.4 Å². The molecule has 5 nitrogen and oxygen atoms in total. The molecule has 0 saturated heterocycles. The first-order chi connectivity index (χ1) is 16.3. The summed E-state index contributed by atoms with van der Waals surface area (Å²) in [5.41, 5.74) is 4.99. The molecule has 5 heteroatoms. The fraction of sp³-hybridized carbons (Fsp3) is 0.138. The van der Waals surface area contributed by atoms with Crippen molar-refractivity contribution in [3.63, 3.8) is 0 Å². The number of aldehydes is 1. The molecule has 0 aliphatic heterocycles. The van der Waals surface area contributed by atoms with Crippen LogP contribution in [0.1, 0.15) is 44.3 Å². The predicted octanol–water partition coefficient (Wildman–Crippen LogP) is 6.32. The van der Waals surface area contributed by atoms with Gasteiger partial charge in [-0.05, 0) is 81.2 Å². The number of hydrogen-bond acceptors (Lipinski definition) is 4. The number of allylic oxidation sites excluding steroid dienone is 1. The molecule has 34 heavy (non-hydrogen) atoms. The van der Waals surface area contributed by atoms with Gasteiger partial charge in [-0.2, -0.15) is 0 Å². The molecule has 5 aromatic carbocycles. The lowest BCUT2D eigenvalue weighted by molar-refractivity contribution is -0.0980. The van der Waals surface area contributed by atoms with E-state index in [0.29, 0.717) is 10.9 Å². The van der Waals surface area contributed by atoms with E-state index in [1.165, 1.54) is 16.3 Å². The minimum absolute atomic E-state index is 0.153. The molecule has 0 bridgehead atoms. The number of benzene rings is 5. The fourth-order valence-corrected chi connectivity index (χ4v) is 5.01. The third-order valence-electron chi connectivity index (χ3n) is 6.26. The summed E-state index contributed by atoms with van der Waals surface area (Å²) in [6, 6.07) is 13.6. The van der Waals surface area contributed by atoms with Crippen LogP contribution in [0.25, 0.3) is 48.7 Å². The van der Waals surface area contributed by atoms with Crippen molar-refractivity contribution in [3.8, 4) is 0 Å². The van der Waals surface area contributed by atoms with E-state index in [9.17, 15) is 14.7 Å². The molecule has 0 aliphatic carbocycles. The third-order valence-corrected chi connectivity index (χ3v) is 6.26. The maximum Gasteiger partial charge on any atom is 0.336 e. The number of aliphatic hydroxyl groups is 1. The molecule has 0 saturated carbocycles. The predicted molar refractivity (Wildman–Crippen MR) is 139 cm³/mol. The Morgan fingerprint density at radius 3 is 1.94 bits per heavy atom. The van der Waals surface area contributed by atoms with Crippen molar-refractivity contribution >= 4 is 67.7 Å². The molecule has 0 amide bonds. The number of carboxylic acids is 1. The van der Waals surface area contributed by atoms with Gasteiger partial charge in [0.15, 0.2) is 6.29 Å². The van der Waals surface area contributed by atoms with Crippen LogP contribution in [0.4, 0.5) is 0 Å². The maximum atomic E-state index is 12.0. The van der Waals surface area contributed by atoms with Gasteiger partial charge in [0.25, 0.3) is 0 Å². The van der Waals surface area contributed by atoms with Crippen molar-refractivity contribution < 1.29 is 24.6 Å². The smallest absolute Gasteiger partial charge is 0.336 e. The van der Waals surface area contributed by atoms with Gasteiger partial charge in [0.05, 0.1) is 5.56 Å². The first-order valence-electron chi connectivity index (χ1n) is 10.6. The molecular formula is C29H26O5. The number of carbonyl (C=O) groups is 3. The third kappa shape index (κ3) is 3.42. The molecule has 172 valence electrons. The molecule has 5 rings (SSSR count). The Morgan fingerprint density at radius 2 is 1.35 bits per heavy atom. The van der Waals surface area contributed by atoms with E-state index < -0.39 is 5.97 Å². The van der Waals surface area contributed by atoms with Crippen LogP contribution in [-0.2, 0) is 4.79 Å². The van der Waals surface area contributed by atoms with Gasteiger partial charge in [0.1, 0.15) is 6.79 Å². The number of aliphatic hydroxyl groups excluding tert-OH is 1. The Kier molecular flexibility index (Phi) is 6.80. The first-order valence-corrected chi connectivity index (χ1v) is 10.6. The highest BCUT2D eigenvalue weighted by molar-refractivity contribution is 6.36. The SMILES string of the molecule is C=C(C)c1cc(C)c2c3ccc(C(=O)O)c4c(C=O)ccc(c5ccc(C)c1c52)c43.C=O.CO. The highest BCUT2D eigenvalue weighted by Gasteiger charge is 2.22. The molecule has 2 N–H and O–H groups in total. The number of aryl methyl sites for hydroxylation is 2. The lowest BCUT2D eigenvalue weighted by Crippen LogP contribution is -2.02. The molecule has 0 aliphatic rings. The normalized spacial score (nSPS) is 10.6. The summed E-state index contributed by atoms with van der Waals surface area (Å²) in [5.74, 6) is -1.03. The quantitative estimate of drug-likeness (QED) is 0.189. The van der Waals surface area contributed by atoms with Crippen molar-refractivity contribution in [1.82, 2.24) is 0 Å². The average molecular weight is 455 g/mol. The van der Waals surface area contributed by atoms with Gasteiger partial charge in [-0.15, -0.1) is 0 Å². The second-order valence-electron chi connectivity index (χ2n) is 8.11. The van der Waals surface area contributed by atoms with E-state index in [2.05, 4.69) is 38.6 Å². The number of aromatic carboxylic acids is 1. The average Bonchev–Trinajstić information content (AvgIpc) is 2.85. The van der Waals surface area contributed by atoms with Gasteiger partial charge in [0, 0.05) is 18.1 Å². The van der Waals surface area contributed by atoms with Crippen molar-refractivity contribution in [2.24, 2.45) is 0 Å². The molecular weight excluding hydrogens is 428 g/mol. The van der Waals surface area contributed by atoms with Crippen LogP contribution in [0, 0.1) is 13.8 Å². The maximum absolute atomic E-state index is 12.0. The molecule has 0 spiro atoms. The van der Waals surface area contributed by atoms with E-state index in [4.69, 9.17) is 9.90 Å². The van der Waals surface area contributed by atoms with Crippen molar-refractivity contribution in [2.45, 2.75) is 20.8 Å². The van der Waals surface area contributed by atoms with E-state index in [0.717, 1.165) is 57.0 Å². The van der Waals surface area contributed by atoms with E-state index in [1.807, 2.05) is 25.8 Å². The van der Waals surface area contributed by atoms with Crippen molar-refractivity contribution in [1.29, 1.82) is 0 Å². The summed E-state index contributed by atoms with van der Waals surface area (Å²) in [6.45, 7) is 12.4. The van der Waals surface area contributed by atoms with Crippen LogP contribution in [0.3, 0.4) is 0 Å². The monoisotopic (exact) mass is 454 g/mol. The summed E-state index contributed by atoms with van der Waals surface area (Å²) in [6.07, 6.45) is 0.743. The van der Waals surface area contributed by atoms with Crippen LogP contribution in [0.15, 0.2) is 49.0 Å². The number of fused-ring (bicyclic) bond motifs is 2. The molecule has 0 atom stereocenters. The number of carboxylic acid groups (broad SMARTS) is 1. The van der Waals surface area contributed by atoms with Gasteiger partial charge in [0.2, 0.25) is 0 Å². The number of rotatable bonds is 3. The van der Waals surface area contributed by atoms with Gasteiger partial charge < -0.3 is 15.0 Å². The molecule has 0 unspecified atom stereocenters. The van der Waals surface area contributed by atoms with Crippen molar-refractivity contribution in [2.75, 3.05) is 7.11 Å². The molecule has 0 radical (unpaired) electrons. The summed E-state index contributed by atoms with van der Waals surface area (Å²) in [5, 5.41) is 24.6. The molecule has 0 fully saturated rings. The standard InChI is InChI=1S/C27H20O3.CH4O.CH2O/c1-13(2)21-11-15(4)23-19-9-10-20(27(29)30)24-16(12-28)6-8-17(25(19)24)18-7-5-14(3)22(21)26(18)23;2*1-2/h5-12H,1H2,2-4H3,(H,29,30);2H,1H3;1H2. The molecule has 0 aromatic heterocycles. The Bertz CT molecular complexity index is 1590. The summed E-state index contributed by atoms with van der Waals surface area (Å²) < 4.78 is 0. The largest absolute Gasteiger partial charge is 0.478 e. The van der Waals surface area contributed by atoms with Crippen LogP contribution >= 0.6 is 0 Å².